The molecule has 1 N–H and O–H groups in total. The predicted octanol–water partition coefficient (Wildman–Crippen LogP) is 5.59. The van der Waals surface area contributed by atoms with Crippen LogP contribution in [0.1, 0.15) is 47.2 Å². The molecule has 0 saturated carbocycles. The monoisotopic (exact) mass is 552 g/mol. The molecule has 2 aliphatic heterocycles. The van der Waals surface area contributed by atoms with Crippen LogP contribution in [0.2, 0.25) is 0 Å². The molecule has 0 radical (unpaired) electrons. The van der Waals surface area contributed by atoms with Crippen molar-refractivity contribution in [1.82, 2.24) is 15.2 Å². The Morgan fingerprint density at radius 3 is 2.23 bits per heavy atom. The van der Waals surface area contributed by atoms with Gasteiger partial charge in [0.2, 0.25) is 5.88 Å². The first-order valence-electron chi connectivity index (χ1n) is 14.0. The number of amides is 1. The van der Waals surface area contributed by atoms with Gasteiger partial charge in [-0.15, -0.1) is 0 Å². The predicted molar refractivity (Wildman–Crippen MR) is 149 cm³/mol. The normalized spacial score (nSPS) is 17.5. The van der Waals surface area contributed by atoms with E-state index < -0.39 is 11.7 Å². The summed E-state index contributed by atoms with van der Waals surface area (Å²) in [6, 6.07) is 19.4. The smallest absolute Gasteiger partial charge is 0.416 e. The number of ether oxygens (including phenoxy) is 1. The molecule has 0 aliphatic carbocycles. The summed E-state index contributed by atoms with van der Waals surface area (Å²) in [6.07, 6.45) is 1.55. The Morgan fingerprint density at radius 2 is 1.60 bits per heavy atom. The zero-order valence-electron chi connectivity index (χ0n) is 22.4. The van der Waals surface area contributed by atoms with Crippen LogP contribution in [0, 0.1) is 0 Å². The number of pyridine rings is 1. The number of hydrogen-bond donors (Lipinski definition) is 1. The molecule has 2 saturated heterocycles. The van der Waals surface area contributed by atoms with Crippen molar-refractivity contribution in [2.24, 2.45) is 0 Å². The fourth-order valence-electron chi connectivity index (χ4n) is 5.35. The quantitative estimate of drug-likeness (QED) is 0.395. The van der Waals surface area contributed by atoms with E-state index in [1.165, 1.54) is 17.7 Å². The second-order valence-electron chi connectivity index (χ2n) is 10.6. The molecule has 0 unspecified atom stereocenters. The lowest BCUT2D eigenvalue weighted by Crippen LogP contribution is -2.45. The average molecular weight is 553 g/mol. The van der Waals surface area contributed by atoms with E-state index in [9.17, 15) is 18.0 Å². The lowest BCUT2D eigenvalue weighted by atomic mass is 10.0. The van der Waals surface area contributed by atoms with Gasteiger partial charge in [0.1, 0.15) is 6.10 Å². The number of rotatable bonds is 8. The summed E-state index contributed by atoms with van der Waals surface area (Å²) in [6.45, 7) is 4.34. The van der Waals surface area contributed by atoms with Crippen molar-refractivity contribution in [1.29, 1.82) is 0 Å². The molecule has 0 spiro atoms. The van der Waals surface area contributed by atoms with Crippen LogP contribution in [0.4, 0.5) is 18.9 Å². The van der Waals surface area contributed by atoms with E-state index in [0.29, 0.717) is 24.5 Å². The second kappa shape index (κ2) is 12.7. The first-order chi connectivity index (χ1) is 19.3. The van der Waals surface area contributed by atoms with Crippen molar-refractivity contribution < 1.29 is 22.7 Å². The first kappa shape index (κ1) is 28.0. The van der Waals surface area contributed by atoms with Crippen LogP contribution in [0.3, 0.4) is 0 Å². The van der Waals surface area contributed by atoms with Gasteiger partial charge in [-0.05, 0) is 55.2 Å². The molecule has 9 heteroatoms. The molecule has 2 aromatic carbocycles. The number of carbonyl (C=O) groups is 1. The number of aromatic nitrogens is 1. The minimum Gasteiger partial charge on any atom is -0.474 e. The Balaban J connectivity index is 1.02. The SMILES string of the molecule is O=C(NC1CCN(CCc2ccccc2)CC1)c1ccc(OC2CCN(c3ccc(C(F)(F)F)cc3)CC2)nc1. The molecule has 0 bridgehead atoms. The molecule has 1 aromatic heterocycles. The van der Waals surface area contributed by atoms with Crippen molar-refractivity contribution in [3.63, 3.8) is 0 Å². The van der Waals surface area contributed by atoms with Gasteiger partial charge in [0.05, 0.1) is 11.1 Å². The van der Waals surface area contributed by atoms with Crippen molar-refractivity contribution >= 4 is 11.6 Å². The van der Waals surface area contributed by atoms with E-state index in [1.54, 1.807) is 18.3 Å². The van der Waals surface area contributed by atoms with Gasteiger partial charge < -0.3 is 19.9 Å². The van der Waals surface area contributed by atoms with Gasteiger partial charge in [0.25, 0.3) is 5.91 Å². The third-order valence-corrected chi connectivity index (χ3v) is 7.77. The summed E-state index contributed by atoms with van der Waals surface area (Å²) in [4.78, 5) is 21.7. The number of nitrogens with one attached hydrogen (secondary N) is 1. The Labute approximate surface area is 233 Å². The fourth-order valence-corrected chi connectivity index (χ4v) is 5.35. The van der Waals surface area contributed by atoms with Gasteiger partial charge in [0.15, 0.2) is 0 Å². The maximum absolute atomic E-state index is 12.8. The lowest BCUT2D eigenvalue weighted by molar-refractivity contribution is -0.137. The van der Waals surface area contributed by atoms with Gasteiger partial charge in [-0.1, -0.05) is 30.3 Å². The number of hydrogen-bond acceptors (Lipinski definition) is 5. The van der Waals surface area contributed by atoms with Gasteiger partial charge in [0, 0.05) is 69.6 Å². The number of nitrogens with zero attached hydrogens (tertiary/aromatic N) is 3. The molecular weight excluding hydrogens is 517 g/mol. The highest BCUT2D eigenvalue weighted by atomic mass is 19.4. The number of alkyl halides is 3. The standard InChI is InChI=1S/C31H35F3N4O2/c32-31(33,34)25-7-9-27(10-8-25)38-20-15-28(16-21-38)40-29-11-6-24(22-35-29)30(39)36-26-13-18-37(19-14-26)17-12-23-4-2-1-3-5-23/h1-11,22,26,28H,12-21H2,(H,36,39). The molecule has 40 heavy (non-hydrogen) atoms. The lowest BCUT2D eigenvalue weighted by Gasteiger charge is -2.33. The minimum absolute atomic E-state index is 0.0371. The number of halogens is 3. The van der Waals surface area contributed by atoms with Gasteiger partial charge in [-0.2, -0.15) is 13.2 Å². The molecule has 212 valence electrons. The van der Waals surface area contributed by atoms with Gasteiger partial charge in [-0.3, -0.25) is 4.79 Å². The number of benzene rings is 2. The van der Waals surface area contributed by atoms with Crippen LogP contribution in [0.25, 0.3) is 0 Å². The zero-order valence-corrected chi connectivity index (χ0v) is 22.4. The maximum Gasteiger partial charge on any atom is 0.416 e. The van der Waals surface area contributed by atoms with Crippen LogP contribution in [-0.2, 0) is 12.6 Å². The molecule has 1 amide bonds. The van der Waals surface area contributed by atoms with Crippen molar-refractivity contribution in [3.8, 4) is 5.88 Å². The number of likely N-dealkylation sites (tertiary alicyclic amines) is 1. The molecule has 2 fully saturated rings. The highest BCUT2D eigenvalue weighted by Crippen LogP contribution is 2.31. The Hall–Kier alpha value is -3.59. The summed E-state index contributed by atoms with van der Waals surface area (Å²) in [7, 11) is 0. The van der Waals surface area contributed by atoms with Gasteiger partial charge in [-0.25, -0.2) is 4.98 Å². The number of piperidine rings is 2. The third kappa shape index (κ3) is 7.53. The van der Waals surface area contributed by atoms with E-state index in [4.69, 9.17) is 4.74 Å². The van der Waals surface area contributed by atoms with Crippen molar-refractivity contribution in [2.75, 3.05) is 37.6 Å². The second-order valence-corrected chi connectivity index (χ2v) is 10.6. The first-order valence-corrected chi connectivity index (χ1v) is 14.0. The summed E-state index contributed by atoms with van der Waals surface area (Å²) in [5.74, 6) is 0.350. The van der Waals surface area contributed by atoms with Crippen molar-refractivity contribution in [3.05, 3.63) is 89.6 Å². The highest BCUT2D eigenvalue weighted by molar-refractivity contribution is 5.94. The number of anilines is 1. The molecule has 6 nitrogen and oxygen atoms in total. The van der Waals surface area contributed by atoms with Crippen molar-refractivity contribution in [2.45, 2.75) is 50.4 Å². The van der Waals surface area contributed by atoms with Gasteiger partial charge >= 0.3 is 6.18 Å². The summed E-state index contributed by atoms with van der Waals surface area (Å²) in [5, 5.41) is 3.15. The van der Waals surface area contributed by atoms with E-state index in [1.807, 2.05) is 6.07 Å². The molecule has 3 aromatic rings. The molecular formula is C31H35F3N4O2. The Bertz CT molecular complexity index is 1220. The molecule has 3 heterocycles. The summed E-state index contributed by atoms with van der Waals surface area (Å²) >= 11 is 0. The topological polar surface area (TPSA) is 57.7 Å². The molecule has 0 atom stereocenters. The summed E-state index contributed by atoms with van der Waals surface area (Å²) < 4.78 is 44.5. The minimum atomic E-state index is -4.33. The third-order valence-electron chi connectivity index (χ3n) is 7.77. The zero-order chi connectivity index (χ0) is 28.0. The Morgan fingerprint density at radius 1 is 0.900 bits per heavy atom. The van der Waals surface area contributed by atoms with Crippen LogP contribution in [-0.4, -0.2) is 60.7 Å². The van der Waals surface area contributed by atoms with E-state index in [2.05, 4.69) is 44.4 Å². The fraction of sp³-hybridized carbons (Fsp3) is 0.419. The molecule has 5 rings (SSSR count). The van der Waals surface area contributed by atoms with Crippen LogP contribution < -0.4 is 15.0 Å². The molecule has 2 aliphatic rings. The highest BCUT2D eigenvalue weighted by Gasteiger charge is 2.30. The Kier molecular flexibility index (Phi) is 8.89. The largest absolute Gasteiger partial charge is 0.474 e. The van der Waals surface area contributed by atoms with E-state index >= 15 is 0 Å². The van der Waals surface area contributed by atoms with Crippen LogP contribution in [0.15, 0.2) is 72.9 Å². The van der Waals surface area contributed by atoms with Crippen LogP contribution in [0.5, 0.6) is 5.88 Å². The van der Waals surface area contributed by atoms with E-state index in [-0.39, 0.29) is 18.1 Å². The average Bonchev–Trinajstić information content (AvgIpc) is 2.98. The van der Waals surface area contributed by atoms with E-state index in [0.717, 1.165) is 69.6 Å². The maximum atomic E-state index is 12.8. The van der Waals surface area contributed by atoms with Crippen LogP contribution >= 0.6 is 0 Å². The summed E-state index contributed by atoms with van der Waals surface area (Å²) in [5.41, 5.74) is 1.99. The number of carbonyl (C=O) groups excluding carboxylic acids is 1.